The number of nitrogens with one attached hydrogen (secondary N) is 1. The van der Waals surface area contributed by atoms with Crippen LogP contribution in [0.15, 0.2) is 12.4 Å². The quantitative estimate of drug-likeness (QED) is 0.802. The van der Waals surface area contributed by atoms with E-state index < -0.39 is 0 Å². The topological polar surface area (TPSA) is 33.1 Å². The van der Waals surface area contributed by atoms with E-state index in [9.17, 15) is 0 Å². The molecule has 2 unspecified atom stereocenters. The summed E-state index contributed by atoms with van der Waals surface area (Å²) in [6, 6.07) is 1.40. The Balaban J connectivity index is 1.73. The molecule has 1 saturated carbocycles. The lowest BCUT2D eigenvalue weighted by Crippen LogP contribution is -2.48. The summed E-state index contributed by atoms with van der Waals surface area (Å²) >= 11 is 0. The van der Waals surface area contributed by atoms with E-state index in [1.165, 1.54) is 31.6 Å². The van der Waals surface area contributed by atoms with Gasteiger partial charge in [0.25, 0.3) is 0 Å². The van der Waals surface area contributed by atoms with Crippen molar-refractivity contribution in [2.24, 2.45) is 0 Å². The summed E-state index contributed by atoms with van der Waals surface area (Å²) < 4.78 is 2.28. The average Bonchev–Trinajstić information content (AvgIpc) is 2.96. The molecule has 1 fully saturated rings. The summed E-state index contributed by atoms with van der Waals surface area (Å²) in [7, 11) is 2.09. The summed E-state index contributed by atoms with van der Waals surface area (Å²) in [6.45, 7) is 3.30. The van der Waals surface area contributed by atoms with Crippen molar-refractivity contribution < 1.29 is 0 Å². The van der Waals surface area contributed by atoms with E-state index in [0.717, 1.165) is 19.1 Å². The summed E-state index contributed by atoms with van der Waals surface area (Å²) in [5.41, 5.74) is 0. The molecule has 0 aromatic carbocycles. The van der Waals surface area contributed by atoms with Crippen LogP contribution in [0.1, 0.15) is 25.1 Å². The molecule has 2 heterocycles. The van der Waals surface area contributed by atoms with Crippen LogP contribution >= 0.6 is 0 Å². The number of hydrogen-bond donors (Lipinski definition) is 1. The van der Waals surface area contributed by atoms with Gasteiger partial charge in [-0.1, -0.05) is 6.42 Å². The van der Waals surface area contributed by atoms with Crippen molar-refractivity contribution in [3.8, 4) is 0 Å². The van der Waals surface area contributed by atoms with Crippen molar-refractivity contribution in [3.05, 3.63) is 18.2 Å². The Kier molecular flexibility index (Phi) is 2.69. The van der Waals surface area contributed by atoms with Crippen LogP contribution in [0.2, 0.25) is 0 Å². The predicted octanol–water partition coefficient (Wildman–Crippen LogP) is 0.839. The summed E-state index contributed by atoms with van der Waals surface area (Å²) in [5.74, 6) is 1.23. The van der Waals surface area contributed by atoms with Gasteiger partial charge in [0.05, 0.1) is 6.54 Å². The Morgan fingerprint density at radius 3 is 3.19 bits per heavy atom. The van der Waals surface area contributed by atoms with Crippen molar-refractivity contribution in [1.29, 1.82) is 0 Å². The van der Waals surface area contributed by atoms with Gasteiger partial charge in [-0.05, 0) is 19.9 Å². The molecule has 16 heavy (non-hydrogen) atoms. The van der Waals surface area contributed by atoms with Crippen LogP contribution in [0.3, 0.4) is 0 Å². The van der Waals surface area contributed by atoms with Gasteiger partial charge >= 0.3 is 0 Å². The standard InChI is InChI=1S/C12H20N4/c1-13-10-3-2-4-11(10)16-8-7-15-6-5-14-12(15)9-16/h5-6,10-11,13H,2-4,7-9H2,1H3. The minimum atomic E-state index is 0.682. The first kappa shape index (κ1) is 10.3. The van der Waals surface area contributed by atoms with E-state index in [-0.39, 0.29) is 0 Å². The fraction of sp³-hybridized carbons (Fsp3) is 0.750. The van der Waals surface area contributed by atoms with Gasteiger partial charge in [0.2, 0.25) is 0 Å². The third-order valence-corrected chi connectivity index (χ3v) is 4.09. The number of aromatic nitrogens is 2. The third-order valence-electron chi connectivity index (χ3n) is 4.09. The van der Waals surface area contributed by atoms with E-state index in [2.05, 4.69) is 33.0 Å². The third kappa shape index (κ3) is 1.66. The number of rotatable bonds is 2. The lowest BCUT2D eigenvalue weighted by molar-refractivity contribution is 0.136. The molecule has 2 atom stereocenters. The summed E-state index contributed by atoms with van der Waals surface area (Å²) in [5, 5.41) is 3.46. The zero-order chi connectivity index (χ0) is 11.0. The molecule has 0 spiro atoms. The number of nitrogens with zero attached hydrogens (tertiary/aromatic N) is 3. The molecule has 0 amide bonds. The normalized spacial score (nSPS) is 30.6. The maximum Gasteiger partial charge on any atom is 0.122 e. The van der Waals surface area contributed by atoms with Gasteiger partial charge in [-0.15, -0.1) is 0 Å². The summed E-state index contributed by atoms with van der Waals surface area (Å²) in [4.78, 5) is 7.04. The molecule has 0 radical (unpaired) electrons. The van der Waals surface area contributed by atoms with Crippen molar-refractivity contribution in [1.82, 2.24) is 19.8 Å². The highest BCUT2D eigenvalue weighted by atomic mass is 15.3. The van der Waals surface area contributed by atoms with Crippen molar-refractivity contribution >= 4 is 0 Å². The molecule has 1 aromatic rings. The van der Waals surface area contributed by atoms with E-state index in [4.69, 9.17) is 0 Å². The van der Waals surface area contributed by atoms with Crippen LogP contribution in [0.5, 0.6) is 0 Å². The lowest BCUT2D eigenvalue weighted by Gasteiger charge is -2.35. The van der Waals surface area contributed by atoms with Gasteiger partial charge < -0.3 is 9.88 Å². The van der Waals surface area contributed by atoms with Crippen molar-refractivity contribution in [2.75, 3.05) is 13.6 Å². The van der Waals surface area contributed by atoms with Crippen LogP contribution in [-0.2, 0) is 13.1 Å². The highest BCUT2D eigenvalue weighted by Gasteiger charge is 2.32. The fourth-order valence-corrected chi connectivity index (χ4v) is 3.19. The Morgan fingerprint density at radius 1 is 1.38 bits per heavy atom. The first-order valence-electron chi connectivity index (χ1n) is 6.30. The molecule has 4 heteroatoms. The van der Waals surface area contributed by atoms with Gasteiger partial charge in [-0.3, -0.25) is 4.90 Å². The molecule has 1 aromatic heterocycles. The number of imidazole rings is 1. The molecule has 0 saturated heterocycles. The molecule has 3 rings (SSSR count). The van der Waals surface area contributed by atoms with Gasteiger partial charge in [-0.25, -0.2) is 4.98 Å². The van der Waals surface area contributed by atoms with Gasteiger partial charge in [0.1, 0.15) is 5.82 Å². The van der Waals surface area contributed by atoms with Gasteiger partial charge in [0, 0.05) is 37.6 Å². The molecule has 2 aliphatic rings. The minimum absolute atomic E-state index is 0.682. The van der Waals surface area contributed by atoms with Crippen LogP contribution in [0.25, 0.3) is 0 Å². The largest absolute Gasteiger partial charge is 0.333 e. The highest BCUT2D eigenvalue weighted by molar-refractivity contribution is 4.99. The molecular formula is C12H20N4. The first-order valence-corrected chi connectivity index (χ1v) is 6.30. The Bertz CT molecular complexity index is 360. The predicted molar refractivity (Wildman–Crippen MR) is 63.1 cm³/mol. The zero-order valence-electron chi connectivity index (χ0n) is 9.89. The molecule has 88 valence electrons. The Hall–Kier alpha value is -0.870. The second kappa shape index (κ2) is 4.18. The molecular weight excluding hydrogens is 200 g/mol. The van der Waals surface area contributed by atoms with Crippen LogP contribution in [-0.4, -0.2) is 40.1 Å². The number of likely N-dealkylation sites (N-methyl/N-ethyl adjacent to an activating group) is 1. The second-order valence-corrected chi connectivity index (χ2v) is 4.90. The minimum Gasteiger partial charge on any atom is -0.333 e. The molecule has 1 aliphatic carbocycles. The molecule has 4 nitrogen and oxygen atoms in total. The number of hydrogen-bond acceptors (Lipinski definition) is 3. The zero-order valence-corrected chi connectivity index (χ0v) is 9.89. The van der Waals surface area contributed by atoms with Crippen molar-refractivity contribution in [3.63, 3.8) is 0 Å². The smallest absolute Gasteiger partial charge is 0.122 e. The Labute approximate surface area is 96.7 Å². The van der Waals surface area contributed by atoms with Crippen LogP contribution in [0, 0.1) is 0 Å². The van der Waals surface area contributed by atoms with Crippen molar-refractivity contribution in [2.45, 2.75) is 44.4 Å². The molecule has 1 N–H and O–H groups in total. The van der Waals surface area contributed by atoms with E-state index in [1.54, 1.807) is 0 Å². The fourth-order valence-electron chi connectivity index (χ4n) is 3.19. The van der Waals surface area contributed by atoms with E-state index in [1.807, 2.05) is 6.20 Å². The molecule has 1 aliphatic heterocycles. The maximum absolute atomic E-state index is 4.43. The number of fused-ring (bicyclic) bond motifs is 1. The van der Waals surface area contributed by atoms with Crippen LogP contribution < -0.4 is 5.32 Å². The van der Waals surface area contributed by atoms with Crippen LogP contribution in [0.4, 0.5) is 0 Å². The SMILES string of the molecule is CNC1CCCC1N1CCn2ccnc2C1. The molecule has 0 bridgehead atoms. The average molecular weight is 220 g/mol. The lowest BCUT2D eigenvalue weighted by atomic mass is 10.1. The summed E-state index contributed by atoms with van der Waals surface area (Å²) in [6.07, 6.45) is 8.04. The monoisotopic (exact) mass is 220 g/mol. The Morgan fingerprint density at radius 2 is 2.31 bits per heavy atom. The first-order chi connectivity index (χ1) is 7.88. The maximum atomic E-state index is 4.43. The van der Waals surface area contributed by atoms with Gasteiger partial charge in [-0.2, -0.15) is 0 Å². The van der Waals surface area contributed by atoms with E-state index >= 15 is 0 Å². The van der Waals surface area contributed by atoms with E-state index in [0.29, 0.717) is 6.04 Å². The second-order valence-electron chi connectivity index (χ2n) is 4.90. The highest BCUT2D eigenvalue weighted by Crippen LogP contribution is 2.26. The van der Waals surface area contributed by atoms with Gasteiger partial charge in [0.15, 0.2) is 0 Å².